The minimum absolute atomic E-state index is 0.0715. The van der Waals surface area contributed by atoms with Gasteiger partial charge in [0.1, 0.15) is 11.9 Å². The average molecular weight is 393 g/mol. The molecule has 0 bridgehead atoms. The summed E-state index contributed by atoms with van der Waals surface area (Å²) in [6.07, 6.45) is -5.36. The monoisotopic (exact) mass is 393 g/mol. The Morgan fingerprint density at radius 1 is 1.14 bits per heavy atom. The molecule has 1 N–H and O–H groups in total. The Balaban J connectivity index is 1.90. The van der Waals surface area contributed by atoms with Crippen LogP contribution in [0.4, 0.5) is 13.2 Å². The molecule has 0 spiro atoms. The highest BCUT2D eigenvalue weighted by atomic mass is 19.4. The Morgan fingerprint density at radius 2 is 1.89 bits per heavy atom. The van der Waals surface area contributed by atoms with Gasteiger partial charge in [-0.05, 0) is 34.2 Å². The molecule has 0 saturated carbocycles. The van der Waals surface area contributed by atoms with Crippen molar-refractivity contribution in [1.29, 1.82) is 0 Å². The SMILES string of the molecule is COc1ccccc1Cc1ccc2c(c1)C(C)CNCC2OC(=O)C(F)(F)F. The summed E-state index contributed by atoms with van der Waals surface area (Å²) >= 11 is 0. The van der Waals surface area contributed by atoms with Crippen LogP contribution in [0.15, 0.2) is 42.5 Å². The van der Waals surface area contributed by atoms with E-state index in [2.05, 4.69) is 5.32 Å². The summed E-state index contributed by atoms with van der Waals surface area (Å²) in [6, 6.07) is 13.3. The van der Waals surface area contributed by atoms with Crippen LogP contribution in [0.3, 0.4) is 0 Å². The maximum atomic E-state index is 12.6. The van der Waals surface area contributed by atoms with Crippen LogP contribution in [0, 0.1) is 0 Å². The predicted molar refractivity (Wildman–Crippen MR) is 98.4 cm³/mol. The zero-order chi connectivity index (χ0) is 20.3. The number of esters is 1. The molecule has 4 nitrogen and oxygen atoms in total. The molecule has 2 aromatic rings. The van der Waals surface area contributed by atoms with Gasteiger partial charge in [0.2, 0.25) is 0 Å². The van der Waals surface area contributed by atoms with Gasteiger partial charge in [-0.1, -0.05) is 43.3 Å². The maximum Gasteiger partial charge on any atom is 0.490 e. The number of benzene rings is 2. The summed E-state index contributed by atoms with van der Waals surface area (Å²) in [5.74, 6) is -1.32. The number of hydrogen-bond acceptors (Lipinski definition) is 4. The number of alkyl halides is 3. The van der Waals surface area contributed by atoms with Gasteiger partial charge in [-0.15, -0.1) is 0 Å². The number of hydrogen-bond donors (Lipinski definition) is 1. The van der Waals surface area contributed by atoms with Crippen LogP contribution in [0.25, 0.3) is 0 Å². The van der Waals surface area contributed by atoms with E-state index in [-0.39, 0.29) is 12.5 Å². The van der Waals surface area contributed by atoms with Gasteiger partial charge in [-0.3, -0.25) is 0 Å². The lowest BCUT2D eigenvalue weighted by Crippen LogP contribution is -2.31. The number of rotatable bonds is 4. The molecule has 7 heteroatoms. The lowest BCUT2D eigenvalue weighted by Gasteiger charge is -2.21. The van der Waals surface area contributed by atoms with Crippen molar-refractivity contribution in [3.63, 3.8) is 0 Å². The molecule has 0 saturated heterocycles. The van der Waals surface area contributed by atoms with E-state index in [9.17, 15) is 18.0 Å². The Morgan fingerprint density at radius 3 is 2.61 bits per heavy atom. The number of methoxy groups -OCH3 is 1. The van der Waals surface area contributed by atoms with E-state index < -0.39 is 18.2 Å². The molecule has 0 radical (unpaired) electrons. The predicted octanol–water partition coefficient (Wildman–Crippen LogP) is 4.14. The van der Waals surface area contributed by atoms with Crippen LogP contribution in [0.5, 0.6) is 5.75 Å². The van der Waals surface area contributed by atoms with Crippen molar-refractivity contribution in [2.24, 2.45) is 0 Å². The van der Waals surface area contributed by atoms with E-state index >= 15 is 0 Å². The van der Waals surface area contributed by atoms with E-state index in [1.807, 2.05) is 43.3 Å². The molecule has 0 amide bonds. The van der Waals surface area contributed by atoms with Gasteiger partial charge in [0.15, 0.2) is 0 Å². The number of carbonyl (C=O) groups is 1. The molecule has 2 aromatic carbocycles. The van der Waals surface area contributed by atoms with Crippen molar-refractivity contribution in [2.45, 2.75) is 31.5 Å². The lowest BCUT2D eigenvalue weighted by atomic mass is 9.90. The third-order valence-corrected chi connectivity index (χ3v) is 4.88. The highest BCUT2D eigenvalue weighted by Gasteiger charge is 2.43. The van der Waals surface area contributed by atoms with Gasteiger partial charge in [-0.25, -0.2) is 4.79 Å². The fourth-order valence-electron chi connectivity index (χ4n) is 3.48. The van der Waals surface area contributed by atoms with Crippen molar-refractivity contribution in [1.82, 2.24) is 5.32 Å². The highest BCUT2D eigenvalue weighted by molar-refractivity contribution is 5.76. The van der Waals surface area contributed by atoms with Crippen molar-refractivity contribution in [3.05, 3.63) is 64.7 Å². The minimum Gasteiger partial charge on any atom is -0.496 e. The number of fused-ring (bicyclic) bond motifs is 1. The van der Waals surface area contributed by atoms with E-state index in [1.54, 1.807) is 13.2 Å². The maximum absolute atomic E-state index is 12.6. The first-order valence-electron chi connectivity index (χ1n) is 9.02. The Bertz CT molecular complexity index is 851. The van der Waals surface area contributed by atoms with Crippen molar-refractivity contribution in [2.75, 3.05) is 20.2 Å². The second-order valence-electron chi connectivity index (χ2n) is 6.90. The molecular weight excluding hydrogens is 371 g/mol. The van der Waals surface area contributed by atoms with Gasteiger partial charge >= 0.3 is 12.1 Å². The zero-order valence-electron chi connectivity index (χ0n) is 15.7. The Hall–Kier alpha value is -2.54. The molecular formula is C21H22F3NO3. The summed E-state index contributed by atoms with van der Waals surface area (Å²) in [5, 5.41) is 3.07. The van der Waals surface area contributed by atoms with Crippen LogP contribution >= 0.6 is 0 Å². The molecule has 1 aliphatic rings. The summed E-state index contributed by atoms with van der Waals surface area (Å²) < 4.78 is 48.0. The quantitative estimate of drug-likeness (QED) is 0.794. The fraction of sp³-hybridized carbons (Fsp3) is 0.381. The smallest absolute Gasteiger partial charge is 0.490 e. The van der Waals surface area contributed by atoms with Gasteiger partial charge in [0.25, 0.3) is 0 Å². The molecule has 0 fully saturated rings. The zero-order valence-corrected chi connectivity index (χ0v) is 15.7. The van der Waals surface area contributed by atoms with Crippen LogP contribution in [0.1, 0.15) is 41.2 Å². The first kappa shape index (κ1) is 20.2. The van der Waals surface area contributed by atoms with E-state index in [0.29, 0.717) is 18.5 Å². The van der Waals surface area contributed by atoms with Crippen molar-refractivity contribution >= 4 is 5.97 Å². The first-order chi connectivity index (χ1) is 13.3. The molecule has 150 valence electrons. The van der Waals surface area contributed by atoms with Crippen molar-refractivity contribution in [3.8, 4) is 5.75 Å². The minimum atomic E-state index is -5.01. The topological polar surface area (TPSA) is 47.6 Å². The molecule has 0 aliphatic carbocycles. The summed E-state index contributed by atoms with van der Waals surface area (Å²) in [5.41, 5.74) is 3.53. The molecule has 2 atom stereocenters. The average Bonchev–Trinajstić information content (AvgIpc) is 2.81. The fourth-order valence-corrected chi connectivity index (χ4v) is 3.48. The molecule has 1 aliphatic heterocycles. The third kappa shape index (κ3) is 4.47. The number of halogens is 3. The number of ether oxygens (including phenoxy) is 2. The van der Waals surface area contributed by atoms with Crippen molar-refractivity contribution < 1.29 is 27.4 Å². The van der Waals surface area contributed by atoms with Crippen LogP contribution in [-0.4, -0.2) is 32.3 Å². The normalized spacial score (nSPS) is 19.5. The first-order valence-corrected chi connectivity index (χ1v) is 9.02. The highest BCUT2D eigenvalue weighted by Crippen LogP contribution is 2.33. The molecule has 3 rings (SSSR count). The van der Waals surface area contributed by atoms with E-state index in [1.165, 1.54) is 0 Å². The van der Waals surface area contributed by atoms with Crippen LogP contribution in [-0.2, 0) is 16.0 Å². The van der Waals surface area contributed by atoms with Gasteiger partial charge in [0.05, 0.1) is 7.11 Å². The third-order valence-electron chi connectivity index (χ3n) is 4.88. The molecule has 2 unspecified atom stereocenters. The molecule has 28 heavy (non-hydrogen) atoms. The summed E-state index contributed by atoms with van der Waals surface area (Å²) in [6.45, 7) is 2.73. The molecule has 0 aromatic heterocycles. The van der Waals surface area contributed by atoms with Gasteiger partial charge < -0.3 is 14.8 Å². The second kappa shape index (κ2) is 8.22. The van der Waals surface area contributed by atoms with Crippen LogP contribution in [0.2, 0.25) is 0 Å². The second-order valence-corrected chi connectivity index (χ2v) is 6.90. The van der Waals surface area contributed by atoms with E-state index in [0.717, 1.165) is 22.4 Å². The summed E-state index contributed by atoms with van der Waals surface area (Å²) in [4.78, 5) is 11.3. The van der Waals surface area contributed by atoms with Crippen LogP contribution < -0.4 is 10.1 Å². The largest absolute Gasteiger partial charge is 0.496 e. The lowest BCUT2D eigenvalue weighted by molar-refractivity contribution is -0.205. The summed E-state index contributed by atoms with van der Waals surface area (Å²) in [7, 11) is 1.61. The number of para-hydroxylation sites is 1. The Labute approximate surface area is 161 Å². The standard InChI is InChI=1S/C21H22F3NO3/c1-13-11-25-12-19(28-20(26)21(22,23)24)16-8-7-14(10-17(13)16)9-15-5-3-4-6-18(15)27-2/h3-8,10,13,19,25H,9,11-12H2,1-2H3. The van der Waals surface area contributed by atoms with Gasteiger partial charge in [0, 0.05) is 19.5 Å². The van der Waals surface area contributed by atoms with E-state index in [4.69, 9.17) is 9.47 Å². The van der Waals surface area contributed by atoms with Gasteiger partial charge in [-0.2, -0.15) is 13.2 Å². The Kier molecular flexibility index (Phi) is 5.93. The molecule has 1 heterocycles. The number of nitrogens with one attached hydrogen (secondary N) is 1. The number of carbonyl (C=O) groups excluding carboxylic acids is 1.